The van der Waals surface area contributed by atoms with Gasteiger partial charge >= 0.3 is 0 Å². The van der Waals surface area contributed by atoms with Crippen molar-refractivity contribution in [2.75, 3.05) is 9.80 Å². The van der Waals surface area contributed by atoms with Crippen molar-refractivity contribution >= 4 is 106 Å². The molecule has 0 atom stereocenters. The SMILES string of the molecule is C=c1c(-c2ccccc2)c2c(c(-c3ccccc3)n3c4cc(N(c5ccccc5)c5ccc(-c6ccccc6)cc5-c5ccccc5)ccc4c4cccc1c43)c1cccc3c4ccc(N(c5ccccc5)c5ccc(-c6ccccc6)cc5-c5ccccc5)cc4n2c31. The molecule has 4 heterocycles. The lowest BCUT2D eigenvalue weighted by atomic mass is 9.96. The molecule has 0 N–H and O–H groups in total. The first-order valence-electron chi connectivity index (χ1n) is 32.3. The minimum absolute atomic E-state index is 0.952. The summed E-state index contributed by atoms with van der Waals surface area (Å²) in [6.45, 7) is 5.28. The Hall–Kier alpha value is -12.5. The zero-order valence-electron chi connectivity index (χ0n) is 51.5. The van der Waals surface area contributed by atoms with Crippen molar-refractivity contribution in [1.82, 2.24) is 8.80 Å². The molecule has 0 spiro atoms. The van der Waals surface area contributed by atoms with Crippen LogP contribution in [0.3, 0.4) is 0 Å². The van der Waals surface area contributed by atoms with E-state index in [2.05, 4.69) is 370 Å². The van der Waals surface area contributed by atoms with Crippen LogP contribution in [0.25, 0.3) is 139 Å². The maximum Gasteiger partial charge on any atom is 0.0647 e. The summed E-state index contributed by atoms with van der Waals surface area (Å²) in [5.74, 6) is 0. The van der Waals surface area contributed by atoms with Gasteiger partial charge in [0.25, 0.3) is 0 Å². The van der Waals surface area contributed by atoms with Crippen LogP contribution in [0.4, 0.5) is 34.1 Å². The van der Waals surface area contributed by atoms with Crippen LogP contribution in [0.15, 0.2) is 352 Å². The molecule has 4 nitrogen and oxygen atoms in total. The van der Waals surface area contributed by atoms with Gasteiger partial charge in [-0.25, -0.2) is 0 Å². The molecule has 0 fully saturated rings. The lowest BCUT2D eigenvalue weighted by Crippen LogP contribution is -2.11. The highest BCUT2D eigenvalue weighted by molar-refractivity contribution is 6.29. The summed E-state index contributed by atoms with van der Waals surface area (Å²) in [5.41, 5.74) is 25.5. The molecule has 4 aromatic heterocycles. The third kappa shape index (κ3) is 8.83. The second-order valence-corrected chi connectivity index (χ2v) is 24.4. The first-order valence-corrected chi connectivity index (χ1v) is 32.3. The first-order chi connectivity index (χ1) is 46.6. The molecule has 18 aromatic rings. The van der Waals surface area contributed by atoms with Crippen molar-refractivity contribution in [3.8, 4) is 66.9 Å². The van der Waals surface area contributed by atoms with E-state index < -0.39 is 0 Å². The average molecular weight is 1200 g/mol. The third-order valence-corrected chi connectivity index (χ3v) is 19.1. The smallest absolute Gasteiger partial charge is 0.0647 e. The topological polar surface area (TPSA) is 15.3 Å². The lowest BCUT2D eigenvalue weighted by Gasteiger charge is -2.28. The lowest BCUT2D eigenvalue weighted by molar-refractivity contribution is 1.26. The molecule has 14 aromatic carbocycles. The van der Waals surface area contributed by atoms with Crippen molar-refractivity contribution in [2.45, 2.75) is 0 Å². The number of benzene rings is 14. The van der Waals surface area contributed by atoms with Crippen LogP contribution in [0.5, 0.6) is 0 Å². The molecule has 0 aliphatic carbocycles. The third-order valence-electron chi connectivity index (χ3n) is 19.1. The Balaban J connectivity index is 0.972. The average Bonchev–Trinajstić information content (AvgIpc) is 1.52. The van der Waals surface area contributed by atoms with E-state index in [1.54, 1.807) is 0 Å². The van der Waals surface area contributed by atoms with Gasteiger partial charge in [-0.3, -0.25) is 0 Å². The fourth-order valence-corrected chi connectivity index (χ4v) is 15.0. The van der Waals surface area contributed by atoms with Gasteiger partial charge in [0.15, 0.2) is 0 Å². The van der Waals surface area contributed by atoms with E-state index in [4.69, 9.17) is 6.58 Å². The standard InChI is InChI=1S/C90H60N4/c1-60-73-44-26-45-76-74-52-50-71(91(69-40-22-8-23-41-69)81-54-48-67(61-28-10-2-11-29-61)56-79(81)63-32-14-4-15-33-63)58-83(74)93(88(73)76)87(66-38-20-7-21-39-66)86-78-47-27-46-77-75-53-51-72(59-84(75)94(89(77)78)90(86)85(60)65-36-18-6-19-37-65)92(70-42-24-9-25-43-70)82-55-49-68(62-30-12-3-13-31-62)57-80(82)64-34-16-5-17-35-64/h2-59H,1H2. The van der Waals surface area contributed by atoms with Crippen LogP contribution in [-0.2, 0) is 0 Å². The molecule has 0 saturated heterocycles. The van der Waals surface area contributed by atoms with Gasteiger partial charge in [0.1, 0.15) is 0 Å². The van der Waals surface area contributed by atoms with Gasteiger partial charge in [0.2, 0.25) is 0 Å². The number of para-hydroxylation sites is 4. The summed E-state index contributed by atoms with van der Waals surface area (Å²) in [4.78, 5) is 4.89. The summed E-state index contributed by atoms with van der Waals surface area (Å²) in [6, 6.07) is 129. The Morgan fingerprint density at radius 1 is 0.234 bits per heavy atom. The molecule has 18 rings (SSSR count). The van der Waals surface area contributed by atoms with Crippen LogP contribution in [-0.4, -0.2) is 8.80 Å². The summed E-state index contributed by atoms with van der Waals surface area (Å²) < 4.78 is 5.19. The summed E-state index contributed by atoms with van der Waals surface area (Å²) in [7, 11) is 0. The Kier molecular flexibility index (Phi) is 13.0. The van der Waals surface area contributed by atoms with E-state index in [1.165, 1.54) is 27.4 Å². The molecule has 440 valence electrons. The molecule has 4 heteroatoms. The summed E-state index contributed by atoms with van der Waals surface area (Å²) in [6.07, 6.45) is 0. The van der Waals surface area contributed by atoms with Gasteiger partial charge in [0, 0.05) is 77.1 Å². The molecular formula is C90H60N4. The Morgan fingerprint density at radius 2 is 0.606 bits per heavy atom. The molecule has 94 heavy (non-hydrogen) atoms. The minimum Gasteiger partial charge on any atom is -0.310 e. The van der Waals surface area contributed by atoms with Gasteiger partial charge in [-0.05, 0) is 123 Å². The minimum atomic E-state index is 0.952. The van der Waals surface area contributed by atoms with Gasteiger partial charge in [-0.2, -0.15) is 0 Å². The number of anilines is 6. The van der Waals surface area contributed by atoms with Gasteiger partial charge in [-0.1, -0.05) is 286 Å². The maximum atomic E-state index is 5.28. The Bertz CT molecular complexity index is 5950. The van der Waals surface area contributed by atoms with Crippen molar-refractivity contribution in [2.24, 2.45) is 0 Å². The highest BCUT2D eigenvalue weighted by Gasteiger charge is 2.29. The summed E-state index contributed by atoms with van der Waals surface area (Å²) >= 11 is 0. The zero-order chi connectivity index (χ0) is 62.2. The second-order valence-electron chi connectivity index (χ2n) is 24.4. The quantitative estimate of drug-likeness (QED) is 0.121. The highest BCUT2D eigenvalue weighted by atomic mass is 15.2. The van der Waals surface area contributed by atoms with Crippen LogP contribution in [0.1, 0.15) is 0 Å². The molecule has 0 saturated carbocycles. The zero-order valence-corrected chi connectivity index (χ0v) is 51.5. The van der Waals surface area contributed by atoms with Crippen LogP contribution in [0, 0.1) is 0 Å². The predicted octanol–water partition coefficient (Wildman–Crippen LogP) is 24.0. The van der Waals surface area contributed by atoms with Gasteiger partial charge in [0.05, 0.1) is 44.7 Å². The molecule has 0 amide bonds. The van der Waals surface area contributed by atoms with E-state index in [9.17, 15) is 0 Å². The Morgan fingerprint density at radius 3 is 1.06 bits per heavy atom. The normalized spacial score (nSPS) is 11.7. The van der Waals surface area contributed by atoms with Crippen molar-refractivity contribution in [1.29, 1.82) is 0 Å². The molecular weight excluding hydrogens is 1140 g/mol. The van der Waals surface area contributed by atoms with E-state index in [0.29, 0.717) is 0 Å². The number of hydrogen-bond acceptors (Lipinski definition) is 2. The van der Waals surface area contributed by atoms with Gasteiger partial charge < -0.3 is 18.6 Å². The van der Waals surface area contributed by atoms with Crippen LogP contribution in [0.2, 0.25) is 0 Å². The fraction of sp³-hybridized carbons (Fsp3) is 0. The second kappa shape index (κ2) is 22.5. The van der Waals surface area contributed by atoms with E-state index >= 15 is 0 Å². The predicted molar refractivity (Wildman–Crippen MR) is 399 cm³/mol. The first kappa shape index (κ1) is 54.4. The number of hydrogen-bond donors (Lipinski definition) is 0. The molecule has 0 unspecified atom stereocenters. The molecule has 0 aliphatic heterocycles. The van der Waals surface area contributed by atoms with Crippen LogP contribution >= 0.6 is 0 Å². The van der Waals surface area contributed by atoms with Crippen molar-refractivity contribution < 1.29 is 0 Å². The van der Waals surface area contributed by atoms with E-state index in [-0.39, 0.29) is 0 Å². The number of nitrogens with zero attached hydrogens (tertiary/aromatic N) is 4. The number of fused-ring (bicyclic) bond motifs is 9. The molecule has 0 radical (unpaired) electrons. The van der Waals surface area contributed by atoms with Gasteiger partial charge in [-0.15, -0.1) is 0 Å². The number of aromatic nitrogens is 2. The van der Waals surface area contributed by atoms with Crippen LogP contribution < -0.4 is 15.0 Å². The Labute approximate surface area is 545 Å². The summed E-state index contributed by atoms with van der Waals surface area (Å²) in [5, 5.41) is 9.01. The van der Waals surface area contributed by atoms with E-state index in [1.807, 2.05) is 0 Å². The molecule has 0 aliphatic rings. The van der Waals surface area contributed by atoms with Crippen molar-refractivity contribution in [3.05, 3.63) is 357 Å². The largest absolute Gasteiger partial charge is 0.310 e. The number of rotatable bonds is 12. The monoisotopic (exact) mass is 1200 g/mol. The maximum absolute atomic E-state index is 5.28. The highest BCUT2D eigenvalue weighted by Crippen LogP contribution is 2.51. The van der Waals surface area contributed by atoms with E-state index in [0.717, 1.165) is 144 Å². The fourth-order valence-electron chi connectivity index (χ4n) is 15.0. The van der Waals surface area contributed by atoms with Crippen molar-refractivity contribution in [3.63, 3.8) is 0 Å². The molecule has 0 bridgehead atoms.